The molecular formula is C43H54N4O9. The highest BCUT2D eigenvalue weighted by atomic mass is 16.6. The van der Waals surface area contributed by atoms with E-state index < -0.39 is 65.0 Å². The Morgan fingerprint density at radius 1 is 0.821 bits per heavy atom. The van der Waals surface area contributed by atoms with E-state index in [2.05, 4.69) is 16.0 Å². The molecule has 0 bridgehead atoms. The molecule has 1 fully saturated rings. The van der Waals surface area contributed by atoms with Crippen molar-refractivity contribution in [3.05, 3.63) is 96.1 Å². The Labute approximate surface area is 328 Å². The Morgan fingerprint density at radius 3 is 2.05 bits per heavy atom. The second-order valence-electron chi connectivity index (χ2n) is 15.2. The molecule has 13 heteroatoms. The van der Waals surface area contributed by atoms with Crippen molar-refractivity contribution in [3.63, 3.8) is 0 Å². The quantitative estimate of drug-likeness (QED) is 0.0995. The third kappa shape index (κ3) is 12.4. The van der Waals surface area contributed by atoms with E-state index in [-0.39, 0.29) is 32.4 Å². The summed E-state index contributed by atoms with van der Waals surface area (Å²) in [4.78, 5) is 80.6. The first kappa shape index (κ1) is 43.0. The largest absolute Gasteiger partial charge is 0.480 e. The normalized spacial score (nSPS) is 16.1. The fraction of sp³-hybridized carbons (Fsp3) is 0.442. The summed E-state index contributed by atoms with van der Waals surface area (Å²) in [6.07, 6.45) is 1.11. The molecule has 4 N–H and O–H groups in total. The van der Waals surface area contributed by atoms with Gasteiger partial charge in [0.2, 0.25) is 17.7 Å². The van der Waals surface area contributed by atoms with Crippen molar-refractivity contribution < 1.29 is 43.3 Å². The van der Waals surface area contributed by atoms with Crippen LogP contribution in [0.15, 0.2) is 84.9 Å². The molecule has 4 amide bonds. The number of nitrogens with one attached hydrogen (secondary N) is 3. The van der Waals surface area contributed by atoms with Crippen molar-refractivity contribution in [2.75, 3.05) is 13.2 Å². The molecule has 1 aliphatic rings. The number of rotatable bonds is 17. The lowest BCUT2D eigenvalue weighted by Gasteiger charge is -2.34. The minimum atomic E-state index is -1.54. The fourth-order valence-electron chi connectivity index (χ4n) is 6.36. The van der Waals surface area contributed by atoms with E-state index in [0.717, 1.165) is 16.7 Å². The van der Waals surface area contributed by atoms with Gasteiger partial charge < -0.3 is 35.4 Å². The van der Waals surface area contributed by atoms with Crippen molar-refractivity contribution in [2.45, 2.75) is 109 Å². The molecule has 0 radical (unpaired) electrons. The van der Waals surface area contributed by atoms with Crippen LogP contribution in [0.1, 0.15) is 89.1 Å². The predicted octanol–water partition coefficient (Wildman–Crippen LogP) is 5.66. The molecule has 13 nitrogen and oxygen atoms in total. The number of nitrogens with zero attached hydrogens (tertiary/aromatic N) is 1. The van der Waals surface area contributed by atoms with Crippen LogP contribution in [0.4, 0.5) is 4.79 Å². The summed E-state index contributed by atoms with van der Waals surface area (Å²) in [5.41, 5.74) is 0.765. The van der Waals surface area contributed by atoms with Crippen LogP contribution >= 0.6 is 0 Å². The number of amides is 4. The van der Waals surface area contributed by atoms with Crippen molar-refractivity contribution >= 4 is 35.8 Å². The molecule has 1 heterocycles. The number of carboxylic acid groups (broad SMARTS) is 1. The number of hydrogen-bond acceptors (Lipinski definition) is 8. The van der Waals surface area contributed by atoms with Crippen molar-refractivity contribution in [1.29, 1.82) is 0 Å². The Balaban J connectivity index is 1.49. The van der Waals surface area contributed by atoms with E-state index in [9.17, 15) is 33.9 Å². The minimum Gasteiger partial charge on any atom is -0.480 e. The molecule has 4 atom stereocenters. The monoisotopic (exact) mass is 770 g/mol. The number of aliphatic carboxylic acids is 1. The number of esters is 1. The molecule has 0 saturated carbocycles. The third-order valence-electron chi connectivity index (χ3n) is 9.67. The van der Waals surface area contributed by atoms with E-state index in [1.165, 1.54) is 11.8 Å². The van der Waals surface area contributed by atoms with Gasteiger partial charge in [-0.25, -0.2) is 14.4 Å². The van der Waals surface area contributed by atoms with Crippen LogP contribution in [0.25, 0.3) is 11.1 Å². The number of ether oxygens (including phenoxy) is 2. The van der Waals surface area contributed by atoms with Gasteiger partial charge in [-0.3, -0.25) is 14.4 Å². The Kier molecular flexibility index (Phi) is 15.2. The predicted molar refractivity (Wildman–Crippen MR) is 210 cm³/mol. The molecule has 3 aromatic carbocycles. The summed E-state index contributed by atoms with van der Waals surface area (Å²) in [7, 11) is 0. The highest BCUT2D eigenvalue weighted by molar-refractivity contribution is 5.97. The number of carboxylic acids is 1. The van der Waals surface area contributed by atoms with Crippen LogP contribution in [0.2, 0.25) is 0 Å². The van der Waals surface area contributed by atoms with Gasteiger partial charge in [-0.2, -0.15) is 0 Å². The molecular weight excluding hydrogens is 716 g/mol. The average molecular weight is 771 g/mol. The van der Waals surface area contributed by atoms with Crippen molar-refractivity contribution in [3.8, 4) is 11.1 Å². The van der Waals surface area contributed by atoms with Gasteiger partial charge in [0.15, 0.2) is 0 Å². The molecule has 4 rings (SSSR count). The van der Waals surface area contributed by atoms with Crippen molar-refractivity contribution in [2.24, 2.45) is 0 Å². The summed E-state index contributed by atoms with van der Waals surface area (Å²) in [6.45, 7) is 8.64. The lowest BCUT2D eigenvalue weighted by molar-refractivity contribution is -0.149. The molecule has 0 unspecified atom stereocenters. The molecule has 0 spiro atoms. The van der Waals surface area contributed by atoms with Crippen LogP contribution in [-0.2, 0) is 35.1 Å². The Morgan fingerprint density at radius 2 is 1.45 bits per heavy atom. The summed E-state index contributed by atoms with van der Waals surface area (Å²) >= 11 is 0. The van der Waals surface area contributed by atoms with Gasteiger partial charge in [0.25, 0.3) is 0 Å². The summed E-state index contributed by atoms with van der Waals surface area (Å²) in [5, 5.41) is 18.1. The highest BCUT2D eigenvalue weighted by Gasteiger charge is 2.41. The molecule has 3 aromatic rings. The van der Waals surface area contributed by atoms with Gasteiger partial charge in [-0.1, -0.05) is 79.7 Å². The lowest BCUT2D eigenvalue weighted by atomic mass is 9.94. The smallest absolute Gasteiger partial charge is 0.408 e. The van der Waals surface area contributed by atoms with Gasteiger partial charge in [0.05, 0.1) is 12.2 Å². The fourth-order valence-corrected chi connectivity index (χ4v) is 6.36. The van der Waals surface area contributed by atoms with E-state index in [1.807, 2.05) is 54.6 Å². The molecule has 1 aliphatic heterocycles. The standard InChI is InChI=1S/C43H54N4O9/c1-6-43(5,46-36(48)33(45-41(54)56-42(2,3)4)20-13-14-27-55-39(52)32-18-11-8-12-19-32)40(53)44-34(37(49)47-26-15-21-35(47)38(50)51)28-29-22-24-31(25-23-29)30-16-9-7-10-17-30/h7-12,16-19,22-25,33-35H,6,13-15,20-21,26-28H2,1-5H3,(H,44,53)(H,45,54)(H,46,48)(H,50,51)/t33-,34-,35+,43+/m0/s1. The number of carbonyl (C=O) groups is 6. The van der Waals surface area contributed by atoms with Crippen LogP contribution in [0, 0.1) is 0 Å². The van der Waals surface area contributed by atoms with E-state index in [1.54, 1.807) is 58.0 Å². The maximum Gasteiger partial charge on any atom is 0.408 e. The topological polar surface area (TPSA) is 180 Å². The van der Waals surface area contributed by atoms with Crippen LogP contribution in [0.3, 0.4) is 0 Å². The van der Waals surface area contributed by atoms with E-state index in [0.29, 0.717) is 31.2 Å². The summed E-state index contributed by atoms with van der Waals surface area (Å²) < 4.78 is 10.8. The van der Waals surface area contributed by atoms with Gasteiger partial charge in [0, 0.05) is 13.0 Å². The van der Waals surface area contributed by atoms with Crippen molar-refractivity contribution in [1.82, 2.24) is 20.9 Å². The lowest BCUT2D eigenvalue weighted by Crippen LogP contribution is -2.63. The number of carbonyl (C=O) groups excluding carboxylic acids is 5. The first-order valence-corrected chi connectivity index (χ1v) is 19.1. The zero-order valence-electron chi connectivity index (χ0n) is 32.8. The van der Waals surface area contributed by atoms with Gasteiger partial charge in [0.1, 0.15) is 29.3 Å². The third-order valence-corrected chi connectivity index (χ3v) is 9.67. The number of likely N-dealkylation sites (tertiary alicyclic amines) is 1. The van der Waals surface area contributed by atoms with Gasteiger partial charge in [-0.15, -0.1) is 0 Å². The average Bonchev–Trinajstić information content (AvgIpc) is 3.67. The number of benzene rings is 3. The number of unbranched alkanes of at least 4 members (excludes halogenated alkanes) is 1. The minimum absolute atomic E-state index is 0.0773. The zero-order chi connectivity index (χ0) is 40.9. The highest BCUT2D eigenvalue weighted by Crippen LogP contribution is 2.23. The molecule has 300 valence electrons. The second-order valence-corrected chi connectivity index (χ2v) is 15.2. The summed E-state index contributed by atoms with van der Waals surface area (Å²) in [6, 6.07) is 22.6. The zero-order valence-corrected chi connectivity index (χ0v) is 32.8. The van der Waals surface area contributed by atoms with E-state index >= 15 is 0 Å². The van der Waals surface area contributed by atoms with E-state index in [4.69, 9.17) is 9.47 Å². The van der Waals surface area contributed by atoms with Crippen LogP contribution in [0.5, 0.6) is 0 Å². The summed E-state index contributed by atoms with van der Waals surface area (Å²) in [5.74, 6) is -3.42. The maximum atomic E-state index is 14.1. The van der Waals surface area contributed by atoms with Gasteiger partial charge in [-0.05, 0) is 95.0 Å². The SMILES string of the molecule is CC[C@@](C)(NC(=O)[C@H](CCCCOC(=O)c1ccccc1)NC(=O)OC(C)(C)C)C(=O)N[C@@H](Cc1ccc(-c2ccccc2)cc1)C(=O)N1CCC[C@@H]1C(=O)O. The molecule has 0 aromatic heterocycles. The molecule has 56 heavy (non-hydrogen) atoms. The van der Waals surface area contributed by atoms with Gasteiger partial charge >= 0.3 is 18.0 Å². The number of alkyl carbamates (subject to hydrolysis) is 1. The number of hydrogen-bond donors (Lipinski definition) is 4. The Bertz CT molecular complexity index is 1810. The first-order valence-electron chi connectivity index (χ1n) is 19.1. The Hall–Kier alpha value is -5.72. The first-order chi connectivity index (χ1) is 26.6. The maximum absolute atomic E-state index is 14.1. The van der Waals surface area contributed by atoms with Crippen LogP contribution in [-0.4, -0.2) is 88.2 Å². The second kappa shape index (κ2) is 19.7. The van der Waals surface area contributed by atoms with Crippen LogP contribution < -0.4 is 16.0 Å². The molecule has 1 saturated heterocycles. The molecule has 0 aliphatic carbocycles.